The molecule has 2 N–H and O–H groups in total. The lowest BCUT2D eigenvalue weighted by Gasteiger charge is -2.11. The maximum absolute atomic E-state index is 11.6. The first-order chi connectivity index (χ1) is 12.1. The van der Waals surface area contributed by atoms with Gasteiger partial charge < -0.3 is 24.4 Å². The molecule has 2 aromatic heterocycles. The van der Waals surface area contributed by atoms with Crippen LogP contribution in [0.2, 0.25) is 0 Å². The number of carbonyl (C=O) groups excluding carboxylic acids is 1. The lowest BCUT2D eigenvalue weighted by molar-refractivity contribution is 0.0599. The van der Waals surface area contributed by atoms with E-state index in [1.807, 2.05) is 11.5 Å². The predicted molar refractivity (Wildman–Crippen MR) is 92.4 cm³/mol. The molecule has 25 heavy (non-hydrogen) atoms. The smallest absolute Gasteiger partial charge is 0.341 e. The molecule has 136 valence electrons. The summed E-state index contributed by atoms with van der Waals surface area (Å²) in [5.74, 6) is 2.35. The molecule has 0 spiro atoms. The number of ether oxygens (including phenoxy) is 1. The third-order valence-corrected chi connectivity index (χ3v) is 3.68. The summed E-state index contributed by atoms with van der Waals surface area (Å²) < 4.78 is 12.3. The summed E-state index contributed by atoms with van der Waals surface area (Å²) in [6.07, 6.45) is 2.56. The number of nitrogens with zero attached hydrogens (tertiary/aromatic N) is 4. The number of furan rings is 1. The van der Waals surface area contributed by atoms with Gasteiger partial charge in [-0.05, 0) is 13.0 Å². The van der Waals surface area contributed by atoms with E-state index in [-0.39, 0.29) is 0 Å². The van der Waals surface area contributed by atoms with Crippen molar-refractivity contribution in [1.29, 1.82) is 0 Å². The normalized spacial score (nSPS) is 11.4. The Morgan fingerprint density at radius 1 is 1.44 bits per heavy atom. The van der Waals surface area contributed by atoms with E-state index < -0.39 is 5.97 Å². The summed E-state index contributed by atoms with van der Waals surface area (Å²) in [6, 6.07) is 1.67. The second-order valence-electron chi connectivity index (χ2n) is 5.32. The highest BCUT2D eigenvalue weighted by molar-refractivity contribution is 5.90. The van der Waals surface area contributed by atoms with Gasteiger partial charge >= 0.3 is 5.97 Å². The Bertz CT molecular complexity index is 734. The molecule has 0 radical (unpaired) electrons. The van der Waals surface area contributed by atoms with Gasteiger partial charge in [0.25, 0.3) is 0 Å². The average molecular weight is 348 g/mol. The fourth-order valence-corrected chi connectivity index (χ4v) is 2.37. The van der Waals surface area contributed by atoms with Gasteiger partial charge in [0.15, 0.2) is 5.96 Å². The zero-order chi connectivity index (χ0) is 18.2. The third-order valence-electron chi connectivity index (χ3n) is 3.68. The highest BCUT2D eigenvalue weighted by atomic mass is 16.5. The molecule has 2 aromatic rings. The van der Waals surface area contributed by atoms with Crippen LogP contribution in [0.25, 0.3) is 0 Å². The molecule has 9 heteroatoms. The molecule has 0 aliphatic carbocycles. The van der Waals surface area contributed by atoms with Crippen molar-refractivity contribution in [3.63, 3.8) is 0 Å². The van der Waals surface area contributed by atoms with Gasteiger partial charge in [-0.25, -0.2) is 4.79 Å². The fraction of sp³-hybridized carbons (Fsp3) is 0.500. The molecule has 0 unspecified atom stereocenters. The Balaban J connectivity index is 1.83. The van der Waals surface area contributed by atoms with Crippen LogP contribution in [0.15, 0.2) is 21.8 Å². The molecule has 0 aliphatic heterocycles. The van der Waals surface area contributed by atoms with Gasteiger partial charge in [-0.1, -0.05) is 6.92 Å². The van der Waals surface area contributed by atoms with E-state index in [4.69, 9.17) is 9.15 Å². The van der Waals surface area contributed by atoms with Crippen molar-refractivity contribution >= 4 is 11.9 Å². The standard InChI is InChI=1S/C16H24N6O3/c1-5-14-21-20-10-22(14)7-6-18-16(17-3)19-9-12-8-13(11(2)25-12)15(23)24-4/h8,10H,5-7,9H2,1-4H3,(H2,17,18,19). The van der Waals surface area contributed by atoms with Crippen molar-refractivity contribution in [2.75, 3.05) is 20.7 Å². The number of esters is 1. The number of aryl methyl sites for hydroxylation is 2. The van der Waals surface area contributed by atoms with E-state index in [9.17, 15) is 4.79 Å². The number of aliphatic imine (C=N–C) groups is 1. The van der Waals surface area contributed by atoms with Crippen LogP contribution in [0.1, 0.15) is 34.6 Å². The molecule has 0 atom stereocenters. The molecule has 0 amide bonds. The number of hydrogen-bond acceptors (Lipinski definition) is 6. The number of carbonyl (C=O) groups is 1. The minimum Gasteiger partial charge on any atom is -0.465 e. The molecule has 9 nitrogen and oxygen atoms in total. The lowest BCUT2D eigenvalue weighted by atomic mass is 10.2. The molecule has 0 saturated heterocycles. The second-order valence-corrected chi connectivity index (χ2v) is 5.32. The van der Waals surface area contributed by atoms with Crippen LogP contribution in [0.4, 0.5) is 0 Å². The molecule has 0 aliphatic rings. The Kier molecular flexibility index (Phi) is 6.55. The number of rotatable bonds is 7. The van der Waals surface area contributed by atoms with Crippen molar-refractivity contribution in [2.45, 2.75) is 33.4 Å². The van der Waals surface area contributed by atoms with Crippen molar-refractivity contribution in [3.8, 4) is 0 Å². The molecular weight excluding hydrogens is 324 g/mol. The number of guanidine groups is 1. The van der Waals surface area contributed by atoms with Crippen molar-refractivity contribution in [2.24, 2.45) is 4.99 Å². The van der Waals surface area contributed by atoms with Gasteiger partial charge in [-0.3, -0.25) is 4.99 Å². The van der Waals surface area contributed by atoms with E-state index >= 15 is 0 Å². The minimum absolute atomic E-state index is 0.407. The monoisotopic (exact) mass is 348 g/mol. The molecule has 0 aromatic carbocycles. The minimum atomic E-state index is -0.407. The van der Waals surface area contributed by atoms with Crippen LogP contribution < -0.4 is 10.6 Å². The summed E-state index contributed by atoms with van der Waals surface area (Å²) in [6.45, 7) is 5.60. The van der Waals surface area contributed by atoms with E-state index in [0.29, 0.717) is 36.1 Å². The Morgan fingerprint density at radius 2 is 2.24 bits per heavy atom. The number of hydrogen-bond donors (Lipinski definition) is 2. The van der Waals surface area contributed by atoms with Crippen LogP contribution >= 0.6 is 0 Å². The van der Waals surface area contributed by atoms with Crippen LogP contribution in [-0.2, 0) is 24.2 Å². The predicted octanol–water partition coefficient (Wildman–Crippen LogP) is 0.894. The van der Waals surface area contributed by atoms with Gasteiger partial charge in [-0.15, -0.1) is 10.2 Å². The third kappa shape index (κ3) is 4.82. The van der Waals surface area contributed by atoms with E-state index in [0.717, 1.165) is 18.8 Å². The molecule has 0 saturated carbocycles. The van der Waals surface area contributed by atoms with Crippen LogP contribution in [0.3, 0.4) is 0 Å². The zero-order valence-corrected chi connectivity index (χ0v) is 15.0. The van der Waals surface area contributed by atoms with Gasteiger partial charge in [0.2, 0.25) is 0 Å². The number of aromatic nitrogens is 3. The summed E-state index contributed by atoms with van der Waals surface area (Å²) in [5.41, 5.74) is 0.432. The SMILES string of the molecule is CCc1nncn1CCNC(=NC)NCc1cc(C(=O)OC)c(C)o1. The first-order valence-electron chi connectivity index (χ1n) is 8.07. The highest BCUT2D eigenvalue weighted by Gasteiger charge is 2.15. The van der Waals surface area contributed by atoms with Gasteiger partial charge in [0, 0.05) is 26.6 Å². The topological polar surface area (TPSA) is 107 Å². The maximum atomic E-state index is 11.6. The summed E-state index contributed by atoms with van der Waals surface area (Å²) in [7, 11) is 3.04. The van der Waals surface area contributed by atoms with E-state index in [1.165, 1.54) is 7.11 Å². The summed E-state index contributed by atoms with van der Waals surface area (Å²) in [5, 5.41) is 14.3. The first kappa shape index (κ1) is 18.5. The van der Waals surface area contributed by atoms with Crippen LogP contribution in [0, 0.1) is 6.92 Å². The highest BCUT2D eigenvalue weighted by Crippen LogP contribution is 2.15. The van der Waals surface area contributed by atoms with Crippen molar-refractivity contribution in [3.05, 3.63) is 35.3 Å². The zero-order valence-electron chi connectivity index (χ0n) is 15.0. The summed E-state index contributed by atoms with van der Waals surface area (Å²) >= 11 is 0. The quantitative estimate of drug-likeness (QED) is 0.435. The molecule has 0 fully saturated rings. The second kappa shape index (κ2) is 8.86. The van der Waals surface area contributed by atoms with Crippen molar-refractivity contribution in [1.82, 2.24) is 25.4 Å². The largest absolute Gasteiger partial charge is 0.465 e. The molecule has 2 rings (SSSR count). The summed E-state index contributed by atoms with van der Waals surface area (Å²) in [4.78, 5) is 15.8. The van der Waals surface area contributed by atoms with Gasteiger partial charge in [0.1, 0.15) is 29.2 Å². The van der Waals surface area contributed by atoms with Crippen LogP contribution in [0.5, 0.6) is 0 Å². The van der Waals surface area contributed by atoms with Crippen LogP contribution in [-0.4, -0.2) is 47.4 Å². The lowest BCUT2D eigenvalue weighted by Crippen LogP contribution is -2.38. The van der Waals surface area contributed by atoms with E-state index in [2.05, 4.69) is 25.8 Å². The first-order valence-corrected chi connectivity index (χ1v) is 8.07. The van der Waals surface area contributed by atoms with Gasteiger partial charge in [-0.2, -0.15) is 0 Å². The maximum Gasteiger partial charge on any atom is 0.341 e. The Labute approximate surface area is 146 Å². The number of nitrogens with one attached hydrogen (secondary N) is 2. The number of methoxy groups -OCH3 is 1. The average Bonchev–Trinajstić information content (AvgIpc) is 3.23. The molecule has 0 bridgehead atoms. The van der Waals surface area contributed by atoms with Crippen molar-refractivity contribution < 1.29 is 13.9 Å². The van der Waals surface area contributed by atoms with Gasteiger partial charge in [0.05, 0.1) is 13.7 Å². The molecular formula is C16H24N6O3. The Hall–Kier alpha value is -2.84. The molecule has 2 heterocycles. The Morgan fingerprint density at radius 3 is 2.92 bits per heavy atom. The van der Waals surface area contributed by atoms with E-state index in [1.54, 1.807) is 26.4 Å². The fourth-order valence-electron chi connectivity index (χ4n) is 2.37.